The summed E-state index contributed by atoms with van der Waals surface area (Å²) in [6, 6.07) is 5.96. The molecule has 6 nitrogen and oxygen atoms in total. The monoisotopic (exact) mass is 298 g/mol. The van der Waals surface area contributed by atoms with Crippen LogP contribution in [0.5, 0.6) is 0 Å². The van der Waals surface area contributed by atoms with Crippen molar-refractivity contribution in [2.45, 2.75) is 30.2 Å². The maximum Gasteiger partial charge on any atom is 0.251 e. The number of hydrogen-bond donors (Lipinski definition) is 3. The summed E-state index contributed by atoms with van der Waals surface area (Å²) in [6.45, 7) is 0.354. The highest BCUT2D eigenvalue weighted by Crippen LogP contribution is 2.22. The first-order valence-electron chi connectivity index (χ1n) is 6.54. The minimum Gasteiger partial charge on any atom is -0.396 e. The van der Waals surface area contributed by atoms with E-state index < -0.39 is 10.0 Å². The van der Waals surface area contributed by atoms with Crippen molar-refractivity contribution in [1.82, 2.24) is 10.0 Å². The summed E-state index contributed by atoms with van der Waals surface area (Å²) in [7, 11) is -3.55. The van der Waals surface area contributed by atoms with Crippen LogP contribution in [0, 0.1) is 0 Å². The quantitative estimate of drug-likeness (QED) is 0.628. The van der Waals surface area contributed by atoms with E-state index in [9.17, 15) is 13.2 Å². The van der Waals surface area contributed by atoms with E-state index in [0.717, 1.165) is 12.8 Å². The second kappa shape index (κ2) is 6.34. The number of carbonyl (C=O) groups excluding carboxylic acids is 1. The largest absolute Gasteiger partial charge is 0.396 e. The van der Waals surface area contributed by atoms with Gasteiger partial charge in [-0.2, -0.15) is 0 Å². The Morgan fingerprint density at radius 3 is 2.75 bits per heavy atom. The summed E-state index contributed by atoms with van der Waals surface area (Å²) in [5.74, 6) is -0.345. The first kappa shape index (κ1) is 15.0. The van der Waals surface area contributed by atoms with Crippen LogP contribution in [0.4, 0.5) is 0 Å². The number of amides is 1. The van der Waals surface area contributed by atoms with Crippen molar-refractivity contribution >= 4 is 15.9 Å². The molecule has 2 rings (SSSR count). The van der Waals surface area contributed by atoms with Crippen LogP contribution >= 0.6 is 0 Å². The van der Waals surface area contributed by atoms with Gasteiger partial charge in [0.25, 0.3) is 5.91 Å². The zero-order valence-corrected chi connectivity index (χ0v) is 11.8. The number of sulfonamides is 1. The third-order valence-electron chi connectivity index (χ3n) is 2.93. The maximum absolute atomic E-state index is 12.0. The van der Waals surface area contributed by atoms with E-state index in [1.165, 1.54) is 12.1 Å². The molecule has 1 amide bonds. The van der Waals surface area contributed by atoms with E-state index in [2.05, 4.69) is 10.0 Å². The molecular weight excluding hydrogens is 280 g/mol. The summed E-state index contributed by atoms with van der Waals surface area (Å²) in [5.41, 5.74) is 0.293. The Labute approximate surface area is 118 Å². The Kier molecular flexibility index (Phi) is 4.74. The van der Waals surface area contributed by atoms with Crippen LogP contribution in [0.3, 0.4) is 0 Å². The molecule has 0 radical (unpaired) electrons. The molecule has 0 aromatic heterocycles. The van der Waals surface area contributed by atoms with Crippen LogP contribution < -0.4 is 10.0 Å². The van der Waals surface area contributed by atoms with Crippen LogP contribution in [0.25, 0.3) is 0 Å². The van der Waals surface area contributed by atoms with Crippen LogP contribution in [-0.4, -0.2) is 38.6 Å². The normalized spacial score (nSPS) is 15.1. The van der Waals surface area contributed by atoms with E-state index in [0.29, 0.717) is 18.5 Å². The lowest BCUT2D eigenvalue weighted by Crippen LogP contribution is -2.27. The molecule has 1 saturated carbocycles. The third kappa shape index (κ3) is 4.03. The molecular formula is C13H18N2O4S. The molecule has 1 aliphatic carbocycles. The van der Waals surface area contributed by atoms with Crippen LogP contribution in [0.2, 0.25) is 0 Å². The Hall–Kier alpha value is -1.44. The van der Waals surface area contributed by atoms with Gasteiger partial charge in [-0.25, -0.2) is 13.1 Å². The lowest BCUT2D eigenvalue weighted by atomic mass is 10.2. The number of hydrogen-bond acceptors (Lipinski definition) is 4. The summed E-state index contributed by atoms with van der Waals surface area (Å²) in [5, 5.41) is 11.3. The molecule has 20 heavy (non-hydrogen) atoms. The molecule has 0 heterocycles. The summed E-state index contributed by atoms with van der Waals surface area (Å²) in [6.07, 6.45) is 2.19. The standard InChI is InChI=1S/C13H18N2O4S/c16-8-2-7-14-13(17)10-3-1-4-12(9-10)20(18,19)15-11-5-6-11/h1,3-4,9,11,15-16H,2,5-8H2,(H,14,17). The molecule has 0 spiro atoms. The maximum atomic E-state index is 12.0. The second-order valence-corrected chi connectivity index (χ2v) is 6.47. The zero-order valence-electron chi connectivity index (χ0n) is 11.0. The van der Waals surface area contributed by atoms with Gasteiger partial charge in [-0.15, -0.1) is 0 Å². The fraction of sp³-hybridized carbons (Fsp3) is 0.462. The van der Waals surface area contributed by atoms with Crippen LogP contribution in [0.15, 0.2) is 29.2 Å². The van der Waals surface area contributed by atoms with Crippen molar-refractivity contribution in [3.63, 3.8) is 0 Å². The van der Waals surface area contributed by atoms with Crippen molar-refractivity contribution in [2.75, 3.05) is 13.2 Å². The van der Waals surface area contributed by atoms with E-state index >= 15 is 0 Å². The highest BCUT2D eigenvalue weighted by atomic mass is 32.2. The molecule has 1 aromatic rings. The van der Waals surface area contributed by atoms with Crippen molar-refractivity contribution < 1.29 is 18.3 Å². The Morgan fingerprint density at radius 1 is 1.35 bits per heavy atom. The average molecular weight is 298 g/mol. The molecule has 0 saturated heterocycles. The zero-order chi connectivity index (χ0) is 14.6. The fourth-order valence-corrected chi connectivity index (χ4v) is 3.03. The molecule has 1 fully saturated rings. The van der Waals surface area contributed by atoms with Gasteiger partial charge in [-0.05, 0) is 37.5 Å². The Bertz CT molecular complexity index is 582. The minimum absolute atomic E-state index is 0.00000731. The van der Waals surface area contributed by atoms with Crippen LogP contribution in [-0.2, 0) is 10.0 Å². The summed E-state index contributed by atoms with van der Waals surface area (Å²) >= 11 is 0. The third-order valence-corrected chi connectivity index (χ3v) is 4.44. The molecule has 0 atom stereocenters. The van der Waals surface area contributed by atoms with Gasteiger partial charge in [0.2, 0.25) is 10.0 Å². The van der Waals surface area contributed by atoms with Crippen molar-refractivity contribution in [3.8, 4) is 0 Å². The molecule has 1 aromatic carbocycles. The highest BCUT2D eigenvalue weighted by Gasteiger charge is 2.28. The fourth-order valence-electron chi connectivity index (χ4n) is 1.68. The molecule has 0 aliphatic heterocycles. The number of aliphatic hydroxyl groups is 1. The molecule has 3 N–H and O–H groups in total. The number of rotatable bonds is 7. The smallest absolute Gasteiger partial charge is 0.251 e. The predicted octanol–water partition coefficient (Wildman–Crippen LogP) is 0.240. The van der Waals surface area contributed by atoms with Crippen molar-refractivity contribution in [1.29, 1.82) is 0 Å². The number of carbonyl (C=O) groups is 1. The molecule has 1 aliphatic rings. The van der Waals surface area contributed by atoms with Gasteiger partial charge in [0.15, 0.2) is 0 Å². The van der Waals surface area contributed by atoms with E-state index in [1.807, 2.05) is 0 Å². The predicted molar refractivity (Wildman–Crippen MR) is 73.8 cm³/mol. The van der Waals surface area contributed by atoms with E-state index in [-0.39, 0.29) is 23.5 Å². The first-order valence-corrected chi connectivity index (χ1v) is 8.03. The van der Waals surface area contributed by atoms with E-state index in [4.69, 9.17) is 5.11 Å². The highest BCUT2D eigenvalue weighted by molar-refractivity contribution is 7.89. The molecule has 0 bridgehead atoms. The Morgan fingerprint density at radius 2 is 2.10 bits per heavy atom. The van der Waals surface area contributed by atoms with Gasteiger partial charge in [0, 0.05) is 24.8 Å². The number of benzene rings is 1. The summed E-state index contributed by atoms with van der Waals surface area (Å²) < 4.78 is 26.7. The SMILES string of the molecule is O=C(NCCCO)c1cccc(S(=O)(=O)NC2CC2)c1. The average Bonchev–Trinajstić information content (AvgIpc) is 3.22. The second-order valence-electron chi connectivity index (χ2n) is 4.76. The molecule has 7 heteroatoms. The minimum atomic E-state index is -3.55. The number of nitrogens with one attached hydrogen (secondary N) is 2. The summed E-state index contributed by atoms with van der Waals surface area (Å²) in [4.78, 5) is 11.9. The van der Waals surface area contributed by atoms with Crippen molar-refractivity contribution in [2.24, 2.45) is 0 Å². The van der Waals surface area contributed by atoms with Gasteiger partial charge >= 0.3 is 0 Å². The van der Waals surface area contributed by atoms with Gasteiger partial charge in [-0.1, -0.05) is 6.07 Å². The molecule has 0 unspecified atom stereocenters. The number of aliphatic hydroxyl groups excluding tert-OH is 1. The lowest BCUT2D eigenvalue weighted by Gasteiger charge is -2.08. The van der Waals surface area contributed by atoms with Gasteiger partial charge < -0.3 is 10.4 Å². The van der Waals surface area contributed by atoms with Crippen molar-refractivity contribution in [3.05, 3.63) is 29.8 Å². The van der Waals surface area contributed by atoms with Gasteiger partial charge in [0.05, 0.1) is 4.90 Å². The Balaban J connectivity index is 2.08. The van der Waals surface area contributed by atoms with Gasteiger partial charge in [0.1, 0.15) is 0 Å². The first-order chi connectivity index (χ1) is 9.53. The topological polar surface area (TPSA) is 95.5 Å². The lowest BCUT2D eigenvalue weighted by molar-refractivity contribution is 0.0951. The molecule has 110 valence electrons. The van der Waals surface area contributed by atoms with Gasteiger partial charge in [-0.3, -0.25) is 4.79 Å². The van der Waals surface area contributed by atoms with Crippen LogP contribution in [0.1, 0.15) is 29.6 Å². The van der Waals surface area contributed by atoms with E-state index in [1.54, 1.807) is 12.1 Å².